The van der Waals surface area contributed by atoms with Crippen molar-refractivity contribution in [1.82, 2.24) is 9.78 Å². The molecule has 0 N–H and O–H groups in total. The van der Waals surface area contributed by atoms with Crippen molar-refractivity contribution in [2.75, 3.05) is 0 Å². The van der Waals surface area contributed by atoms with Gasteiger partial charge in [0.15, 0.2) is 5.15 Å². The molecule has 1 heterocycles. The second-order valence-electron chi connectivity index (χ2n) is 3.37. The largest absolute Gasteiger partial charge is 0.220 e. The fourth-order valence-electron chi connectivity index (χ4n) is 1.41. The van der Waals surface area contributed by atoms with Gasteiger partial charge in [0.05, 0.1) is 21.4 Å². The van der Waals surface area contributed by atoms with Crippen LogP contribution >= 0.6 is 34.8 Å². The topological polar surface area (TPSA) is 41.6 Å². The van der Waals surface area contributed by atoms with Gasteiger partial charge >= 0.3 is 0 Å². The van der Waals surface area contributed by atoms with Crippen LogP contribution in [0.5, 0.6) is 0 Å². The zero-order valence-corrected chi connectivity index (χ0v) is 11.0. The van der Waals surface area contributed by atoms with E-state index in [1.54, 1.807) is 25.1 Å². The lowest BCUT2D eigenvalue weighted by Crippen LogP contribution is -1.96. The van der Waals surface area contributed by atoms with Crippen molar-refractivity contribution in [3.8, 4) is 11.8 Å². The monoisotopic (exact) mass is 285 g/mol. The molecule has 3 nitrogen and oxygen atoms in total. The quantitative estimate of drug-likeness (QED) is 0.794. The molecule has 6 heteroatoms. The highest BCUT2D eigenvalue weighted by Gasteiger charge is 2.14. The zero-order valence-electron chi connectivity index (χ0n) is 8.71. The standard InChI is InChI=1S/C11H6Cl3N3/c1-6-8(5-15)11(14)17(16-6)7-2-3-9(12)10(13)4-7/h2-4H,1H3. The third-order valence-corrected chi connectivity index (χ3v) is 3.35. The van der Waals surface area contributed by atoms with E-state index in [-0.39, 0.29) is 5.15 Å². The van der Waals surface area contributed by atoms with Crippen molar-refractivity contribution in [1.29, 1.82) is 5.26 Å². The Morgan fingerprint density at radius 1 is 1.24 bits per heavy atom. The number of benzene rings is 1. The lowest BCUT2D eigenvalue weighted by molar-refractivity contribution is 0.863. The molecular formula is C11H6Cl3N3. The smallest absolute Gasteiger partial charge is 0.150 e. The van der Waals surface area contributed by atoms with E-state index in [4.69, 9.17) is 40.1 Å². The van der Waals surface area contributed by atoms with Crippen molar-refractivity contribution >= 4 is 34.8 Å². The summed E-state index contributed by atoms with van der Waals surface area (Å²) in [7, 11) is 0. The maximum Gasteiger partial charge on any atom is 0.150 e. The summed E-state index contributed by atoms with van der Waals surface area (Å²) in [4.78, 5) is 0. The Labute approximate surface area is 113 Å². The summed E-state index contributed by atoms with van der Waals surface area (Å²) < 4.78 is 1.46. The molecule has 0 saturated heterocycles. The van der Waals surface area contributed by atoms with Crippen molar-refractivity contribution in [3.05, 3.63) is 44.7 Å². The van der Waals surface area contributed by atoms with Crippen molar-refractivity contribution < 1.29 is 0 Å². The molecule has 1 aromatic carbocycles. The van der Waals surface area contributed by atoms with Gasteiger partial charge in [-0.1, -0.05) is 34.8 Å². The molecule has 86 valence electrons. The third kappa shape index (κ3) is 2.12. The van der Waals surface area contributed by atoms with Crippen LogP contribution in [-0.4, -0.2) is 9.78 Å². The average Bonchev–Trinajstić information content (AvgIpc) is 2.58. The molecule has 0 fully saturated rings. The Kier molecular flexibility index (Phi) is 3.30. The molecule has 0 aliphatic carbocycles. The van der Waals surface area contributed by atoms with Crippen LogP contribution in [0.4, 0.5) is 0 Å². The first-order valence-electron chi connectivity index (χ1n) is 4.65. The summed E-state index contributed by atoms with van der Waals surface area (Å²) in [6.07, 6.45) is 0. The van der Waals surface area contributed by atoms with E-state index in [2.05, 4.69) is 5.10 Å². The Hall–Kier alpha value is -1.21. The van der Waals surface area contributed by atoms with Gasteiger partial charge < -0.3 is 0 Å². The van der Waals surface area contributed by atoms with Crippen LogP contribution in [0.25, 0.3) is 5.69 Å². The number of nitrogens with zero attached hydrogens (tertiary/aromatic N) is 3. The zero-order chi connectivity index (χ0) is 12.6. The molecular weight excluding hydrogens is 281 g/mol. The van der Waals surface area contributed by atoms with Gasteiger partial charge in [-0.15, -0.1) is 0 Å². The van der Waals surface area contributed by atoms with E-state index < -0.39 is 0 Å². The number of hydrogen-bond donors (Lipinski definition) is 0. The molecule has 0 spiro atoms. The second-order valence-corrected chi connectivity index (χ2v) is 4.55. The van der Waals surface area contributed by atoms with Crippen LogP contribution in [0.3, 0.4) is 0 Å². The van der Waals surface area contributed by atoms with Crippen molar-refractivity contribution in [2.24, 2.45) is 0 Å². The molecule has 0 saturated carbocycles. The van der Waals surface area contributed by atoms with Crippen molar-refractivity contribution in [3.63, 3.8) is 0 Å². The second kappa shape index (κ2) is 4.58. The number of hydrogen-bond acceptors (Lipinski definition) is 2. The molecule has 0 bridgehead atoms. The molecule has 0 atom stereocenters. The maximum atomic E-state index is 8.92. The van der Waals surface area contributed by atoms with Crippen LogP contribution in [0.15, 0.2) is 18.2 Å². The third-order valence-electron chi connectivity index (χ3n) is 2.26. The SMILES string of the molecule is Cc1nn(-c2ccc(Cl)c(Cl)c2)c(Cl)c1C#N. The van der Waals surface area contributed by atoms with Crippen LogP contribution < -0.4 is 0 Å². The van der Waals surface area contributed by atoms with E-state index in [0.29, 0.717) is 27.0 Å². The minimum absolute atomic E-state index is 0.267. The minimum atomic E-state index is 0.267. The predicted molar refractivity (Wildman–Crippen MR) is 68.0 cm³/mol. The summed E-state index contributed by atoms with van der Waals surface area (Å²) in [5, 5.41) is 14.2. The molecule has 0 amide bonds. The first-order valence-corrected chi connectivity index (χ1v) is 5.78. The van der Waals surface area contributed by atoms with E-state index in [0.717, 1.165) is 0 Å². The molecule has 0 unspecified atom stereocenters. The molecule has 0 aliphatic heterocycles. The van der Waals surface area contributed by atoms with Crippen LogP contribution in [0.2, 0.25) is 15.2 Å². The molecule has 2 aromatic rings. The Morgan fingerprint density at radius 3 is 2.47 bits per heavy atom. The average molecular weight is 287 g/mol. The van der Waals surface area contributed by atoms with Gasteiger partial charge in [-0.25, -0.2) is 4.68 Å². The number of aromatic nitrogens is 2. The van der Waals surface area contributed by atoms with Gasteiger partial charge in [0.2, 0.25) is 0 Å². The lowest BCUT2D eigenvalue weighted by atomic mass is 10.3. The minimum Gasteiger partial charge on any atom is -0.220 e. The van der Waals surface area contributed by atoms with E-state index >= 15 is 0 Å². The van der Waals surface area contributed by atoms with Crippen LogP contribution in [0.1, 0.15) is 11.3 Å². The highest BCUT2D eigenvalue weighted by molar-refractivity contribution is 6.42. The van der Waals surface area contributed by atoms with Crippen LogP contribution in [0, 0.1) is 18.3 Å². The Balaban J connectivity index is 2.62. The predicted octanol–water partition coefficient (Wildman–Crippen LogP) is 4.01. The number of rotatable bonds is 1. The van der Waals surface area contributed by atoms with E-state index in [9.17, 15) is 0 Å². The summed E-state index contributed by atoms with van der Waals surface area (Å²) in [6.45, 7) is 1.72. The van der Waals surface area contributed by atoms with Gasteiger partial charge in [-0.2, -0.15) is 10.4 Å². The van der Waals surface area contributed by atoms with Crippen molar-refractivity contribution in [2.45, 2.75) is 6.92 Å². The Bertz CT molecular complexity index is 626. The van der Waals surface area contributed by atoms with Gasteiger partial charge in [0.25, 0.3) is 0 Å². The summed E-state index contributed by atoms with van der Waals surface area (Å²) in [5.41, 5.74) is 1.59. The maximum absolute atomic E-state index is 8.92. The summed E-state index contributed by atoms with van der Waals surface area (Å²) in [6, 6.07) is 7.03. The van der Waals surface area contributed by atoms with Gasteiger partial charge in [0.1, 0.15) is 11.6 Å². The summed E-state index contributed by atoms with van der Waals surface area (Å²) in [5.74, 6) is 0. The highest BCUT2D eigenvalue weighted by Crippen LogP contribution is 2.27. The van der Waals surface area contributed by atoms with Gasteiger partial charge in [-0.3, -0.25) is 0 Å². The van der Waals surface area contributed by atoms with Gasteiger partial charge in [-0.05, 0) is 25.1 Å². The van der Waals surface area contributed by atoms with Gasteiger partial charge in [0, 0.05) is 0 Å². The number of nitriles is 1. The Morgan fingerprint density at radius 2 is 1.94 bits per heavy atom. The molecule has 0 aliphatic rings. The fraction of sp³-hybridized carbons (Fsp3) is 0.0909. The highest BCUT2D eigenvalue weighted by atomic mass is 35.5. The number of aryl methyl sites for hydroxylation is 1. The molecule has 17 heavy (non-hydrogen) atoms. The van der Waals surface area contributed by atoms with E-state index in [1.807, 2.05) is 6.07 Å². The lowest BCUT2D eigenvalue weighted by Gasteiger charge is -2.04. The van der Waals surface area contributed by atoms with Crippen LogP contribution in [-0.2, 0) is 0 Å². The molecule has 1 aromatic heterocycles. The normalized spacial score (nSPS) is 10.3. The number of halogens is 3. The first kappa shape index (κ1) is 12.3. The molecule has 0 radical (unpaired) electrons. The molecule has 2 rings (SSSR count). The fourth-order valence-corrected chi connectivity index (χ4v) is 2.02. The first-order chi connectivity index (χ1) is 8.04. The van der Waals surface area contributed by atoms with E-state index in [1.165, 1.54) is 4.68 Å². The summed E-state index contributed by atoms with van der Waals surface area (Å²) >= 11 is 17.8.